The Bertz CT molecular complexity index is 2070. The van der Waals surface area contributed by atoms with E-state index in [1.807, 2.05) is 35.0 Å². The topological polar surface area (TPSA) is 154 Å². The molecule has 1 aromatic carbocycles. The lowest BCUT2D eigenvalue weighted by Crippen LogP contribution is -2.52. The van der Waals surface area contributed by atoms with Gasteiger partial charge in [-0.05, 0) is 107 Å². The lowest BCUT2D eigenvalue weighted by atomic mass is 9.91. The third kappa shape index (κ3) is 9.18. The molecule has 3 aromatic rings. The van der Waals surface area contributed by atoms with Gasteiger partial charge in [-0.25, -0.2) is 9.97 Å². The molecule has 13 nitrogen and oxygen atoms in total. The second-order valence-electron chi connectivity index (χ2n) is 16.4. The molecule has 3 aliphatic heterocycles. The first kappa shape index (κ1) is 39.0. The summed E-state index contributed by atoms with van der Waals surface area (Å²) in [6.07, 6.45) is 15.9. The predicted octanol–water partition coefficient (Wildman–Crippen LogP) is 5.02. The van der Waals surface area contributed by atoms with Crippen molar-refractivity contribution in [1.82, 2.24) is 40.2 Å². The number of piperidine rings is 2. The largest absolute Gasteiger partial charge is 0.351 e. The number of nitrogens with one attached hydrogen (secondary N) is 3. The van der Waals surface area contributed by atoms with E-state index < -0.39 is 11.9 Å². The minimum absolute atomic E-state index is 0.176. The lowest BCUT2D eigenvalue weighted by molar-refractivity contribution is -0.137. The Balaban J connectivity index is 0.722. The minimum atomic E-state index is -0.647. The van der Waals surface area contributed by atoms with Crippen LogP contribution in [0, 0.1) is 23.7 Å². The van der Waals surface area contributed by atoms with Crippen molar-refractivity contribution in [2.24, 2.45) is 18.9 Å². The quantitative estimate of drug-likeness (QED) is 0.130. The maximum absolute atomic E-state index is 13.2. The zero-order chi connectivity index (χ0) is 39.5. The van der Waals surface area contributed by atoms with E-state index in [-0.39, 0.29) is 30.1 Å². The highest BCUT2D eigenvalue weighted by atomic mass is 35.5. The van der Waals surface area contributed by atoms with Crippen molar-refractivity contribution >= 4 is 41.2 Å². The van der Waals surface area contributed by atoms with Crippen LogP contribution in [0.2, 0.25) is 5.02 Å². The van der Waals surface area contributed by atoms with E-state index in [1.165, 1.54) is 18.5 Å². The van der Waals surface area contributed by atoms with E-state index in [0.29, 0.717) is 61.1 Å². The van der Waals surface area contributed by atoms with Gasteiger partial charge in [0.15, 0.2) is 0 Å². The molecule has 8 rings (SSSR count). The molecular weight excluding hydrogens is 742 g/mol. The first-order valence-corrected chi connectivity index (χ1v) is 21.2. The molecule has 5 aliphatic rings. The summed E-state index contributed by atoms with van der Waals surface area (Å²) >= 11 is 6.58. The Kier molecular flexibility index (Phi) is 11.9. The summed E-state index contributed by atoms with van der Waals surface area (Å²) in [4.78, 5) is 63.2. The fraction of sp³-hybridized carbons (Fsp3) is 0.558. The number of benzene rings is 1. The summed E-state index contributed by atoms with van der Waals surface area (Å²) in [5, 5.41) is 14.7. The summed E-state index contributed by atoms with van der Waals surface area (Å²) < 4.78 is 1.94. The number of fused-ring (bicyclic) bond motifs is 1. The van der Waals surface area contributed by atoms with Crippen LogP contribution in [0.1, 0.15) is 111 Å². The van der Waals surface area contributed by atoms with Crippen LogP contribution in [0.25, 0.3) is 11.3 Å². The molecule has 57 heavy (non-hydrogen) atoms. The number of hydrogen-bond donors (Lipinski definition) is 3. The minimum Gasteiger partial charge on any atom is -0.351 e. The van der Waals surface area contributed by atoms with Crippen LogP contribution in [0.4, 0.5) is 5.95 Å². The SMILES string of the molecule is Cn1ncc(-c2nc(N[C@H]3CC[C@H](NCCCCC(=O)N4CCC(C#Cc5cccc6c5CN(C5CCC(=O)NC5=O)C6=O)CC4)CC3)ncc2Cl)c1CC1CC1. The highest BCUT2D eigenvalue weighted by Gasteiger charge is 2.40. The Morgan fingerprint density at radius 3 is 2.53 bits per heavy atom. The van der Waals surface area contributed by atoms with E-state index in [4.69, 9.17) is 16.6 Å². The number of imide groups is 1. The Morgan fingerprint density at radius 2 is 1.75 bits per heavy atom. The number of hydrogen-bond acceptors (Lipinski definition) is 9. The molecule has 2 aromatic heterocycles. The van der Waals surface area contributed by atoms with Crippen molar-refractivity contribution in [2.45, 2.75) is 115 Å². The third-order valence-corrected chi connectivity index (χ3v) is 12.7. The number of carbonyl (C=O) groups excluding carboxylic acids is 4. The average molecular weight is 794 g/mol. The number of aryl methyl sites for hydroxylation is 1. The van der Waals surface area contributed by atoms with E-state index in [9.17, 15) is 19.2 Å². The second kappa shape index (κ2) is 17.4. The van der Waals surface area contributed by atoms with Crippen molar-refractivity contribution in [2.75, 3.05) is 25.0 Å². The Hall–Kier alpha value is -4.80. The molecule has 2 aliphatic carbocycles. The molecule has 3 N–H and O–H groups in total. The lowest BCUT2D eigenvalue weighted by Gasteiger charge is -2.30. The molecule has 4 amide bonds. The number of aromatic nitrogens is 4. The van der Waals surface area contributed by atoms with Crippen molar-refractivity contribution < 1.29 is 19.2 Å². The van der Waals surface area contributed by atoms with Gasteiger partial charge < -0.3 is 20.4 Å². The van der Waals surface area contributed by atoms with Gasteiger partial charge in [0.05, 0.1) is 23.1 Å². The van der Waals surface area contributed by atoms with Gasteiger partial charge in [-0.15, -0.1) is 0 Å². The highest BCUT2D eigenvalue weighted by Crippen LogP contribution is 2.37. The van der Waals surface area contributed by atoms with Gasteiger partial charge in [-0.1, -0.05) is 29.5 Å². The van der Waals surface area contributed by atoms with E-state index in [2.05, 4.69) is 37.9 Å². The van der Waals surface area contributed by atoms with Crippen molar-refractivity contribution in [1.29, 1.82) is 0 Å². The monoisotopic (exact) mass is 793 g/mol. The first-order valence-electron chi connectivity index (χ1n) is 20.8. The zero-order valence-corrected chi connectivity index (χ0v) is 33.5. The molecule has 300 valence electrons. The second-order valence-corrected chi connectivity index (χ2v) is 16.8. The number of anilines is 1. The molecular formula is C43H52ClN9O4. The smallest absolute Gasteiger partial charge is 0.255 e. The van der Waals surface area contributed by atoms with Crippen LogP contribution >= 0.6 is 11.6 Å². The van der Waals surface area contributed by atoms with Crippen LogP contribution < -0.4 is 16.0 Å². The fourth-order valence-electron chi connectivity index (χ4n) is 8.77. The van der Waals surface area contributed by atoms with Crippen molar-refractivity contribution in [3.05, 3.63) is 58.0 Å². The third-order valence-electron chi connectivity index (χ3n) is 12.4. The van der Waals surface area contributed by atoms with Crippen LogP contribution in [0.3, 0.4) is 0 Å². The average Bonchev–Trinajstić information content (AvgIpc) is 3.88. The summed E-state index contributed by atoms with van der Waals surface area (Å²) in [5.74, 6) is 7.56. The van der Waals surface area contributed by atoms with Crippen LogP contribution in [-0.4, -0.2) is 90.9 Å². The van der Waals surface area contributed by atoms with E-state index >= 15 is 0 Å². The molecule has 0 bridgehead atoms. The summed E-state index contributed by atoms with van der Waals surface area (Å²) in [6.45, 7) is 2.63. The van der Waals surface area contributed by atoms with E-state index in [0.717, 1.165) is 92.6 Å². The Labute approximate surface area is 339 Å². The number of nitrogens with zero attached hydrogens (tertiary/aromatic N) is 6. The number of amides is 4. The first-order chi connectivity index (χ1) is 27.7. The van der Waals surface area contributed by atoms with Gasteiger partial charge in [0.2, 0.25) is 23.7 Å². The number of likely N-dealkylation sites (tertiary alicyclic amines) is 1. The van der Waals surface area contributed by atoms with Crippen LogP contribution in [-0.2, 0) is 34.4 Å². The normalized spacial score (nSPS) is 22.6. The number of carbonyl (C=O) groups is 4. The maximum Gasteiger partial charge on any atom is 0.255 e. The van der Waals surface area contributed by atoms with Gasteiger partial charge in [0.1, 0.15) is 6.04 Å². The number of rotatable bonds is 12. The van der Waals surface area contributed by atoms with Crippen LogP contribution in [0.15, 0.2) is 30.6 Å². The van der Waals surface area contributed by atoms with Crippen molar-refractivity contribution in [3.63, 3.8) is 0 Å². The fourth-order valence-corrected chi connectivity index (χ4v) is 8.96. The summed E-state index contributed by atoms with van der Waals surface area (Å²) in [6, 6.07) is 5.67. The number of unbranched alkanes of at least 4 members (excludes halogenated alkanes) is 1. The van der Waals surface area contributed by atoms with Gasteiger partial charge in [0.25, 0.3) is 5.91 Å². The molecule has 14 heteroatoms. The molecule has 0 spiro atoms. The summed E-state index contributed by atoms with van der Waals surface area (Å²) in [7, 11) is 1.98. The molecule has 4 fully saturated rings. The van der Waals surface area contributed by atoms with Gasteiger partial charge in [-0.3, -0.25) is 29.2 Å². The van der Waals surface area contributed by atoms with Gasteiger partial charge in [-0.2, -0.15) is 5.10 Å². The number of halogens is 1. The molecule has 2 saturated heterocycles. The Morgan fingerprint density at radius 1 is 0.965 bits per heavy atom. The van der Waals surface area contributed by atoms with E-state index in [1.54, 1.807) is 17.2 Å². The molecule has 1 atom stereocenters. The van der Waals surface area contributed by atoms with Gasteiger partial charge in [0, 0.05) is 79.9 Å². The molecule has 1 unspecified atom stereocenters. The molecule has 5 heterocycles. The molecule has 2 saturated carbocycles. The maximum atomic E-state index is 13.2. The molecule has 0 radical (unpaired) electrons. The summed E-state index contributed by atoms with van der Waals surface area (Å²) in [5.41, 5.74) is 5.13. The predicted molar refractivity (Wildman–Crippen MR) is 216 cm³/mol. The highest BCUT2D eigenvalue weighted by molar-refractivity contribution is 6.33. The van der Waals surface area contributed by atoms with Crippen molar-refractivity contribution in [3.8, 4) is 23.1 Å². The van der Waals surface area contributed by atoms with Crippen LogP contribution in [0.5, 0.6) is 0 Å². The zero-order valence-electron chi connectivity index (χ0n) is 32.7. The van der Waals surface area contributed by atoms with Gasteiger partial charge >= 0.3 is 0 Å². The standard InChI is InChI=1S/C43H52ClN9O4/c1-51-37(23-28-8-9-28)33(24-47-51)40-35(44)25-46-43(50-40)48-31-14-12-30(13-15-31)45-20-3-2-7-39(55)52-21-18-27(19-22-52)10-11-29-5-4-6-32-34(29)26-53(42(32)57)36-16-17-38(54)49-41(36)56/h4-6,24-25,27-28,30-31,36,45H,2-3,7-9,12-23,26H2,1H3,(H,46,48,50)(H,49,54,56)/t30-,31-,36?.